The Morgan fingerprint density at radius 1 is 1.29 bits per heavy atom. The molecule has 0 atom stereocenters. The molecule has 0 saturated heterocycles. The molecule has 0 aliphatic heterocycles. The van der Waals surface area contributed by atoms with E-state index < -0.39 is 11.5 Å². The van der Waals surface area contributed by atoms with Crippen LogP contribution in [0.1, 0.15) is 22.5 Å². The van der Waals surface area contributed by atoms with Crippen molar-refractivity contribution < 1.29 is 4.79 Å². The van der Waals surface area contributed by atoms with E-state index in [1.54, 1.807) is 20.8 Å². The Labute approximate surface area is 147 Å². The van der Waals surface area contributed by atoms with E-state index in [4.69, 9.17) is 28.5 Å². The molecule has 2 heterocycles. The molecule has 2 aromatic heterocycles. The summed E-state index contributed by atoms with van der Waals surface area (Å²) in [5.74, 6) is -0.408. The zero-order valence-corrected chi connectivity index (χ0v) is 14.7. The first-order valence-corrected chi connectivity index (χ1v) is 7.61. The van der Waals surface area contributed by atoms with Crippen molar-refractivity contribution >= 4 is 34.9 Å². The van der Waals surface area contributed by atoms with E-state index in [2.05, 4.69) is 15.4 Å². The van der Waals surface area contributed by atoms with Crippen LogP contribution in [-0.2, 0) is 11.3 Å². The lowest BCUT2D eigenvalue weighted by atomic mass is 10.1. The van der Waals surface area contributed by atoms with E-state index in [9.17, 15) is 9.59 Å². The van der Waals surface area contributed by atoms with Gasteiger partial charge in [-0.25, -0.2) is 9.67 Å². The minimum Gasteiger partial charge on any atom is -0.308 e. The standard InChI is InChI=1S/C15H13Cl2N5O2/c1-7-8(2)21-22(15(24)10(7)5-18)6-13(23)20-14-12(17)4-11(16)9(3)19-14/h4H,6H2,1-3H3,(H,19,20,23). The summed E-state index contributed by atoms with van der Waals surface area (Å²) in [6.45, 7) is 4.59. The molecule has 0 radical (unpaired) electrons. The summed E-state index contributed by atoms with van der Waals surface area (Å²) in [5, 5.41) is 16.2. The maximum atomic E-state index is 12.2. The van der Waals surface area contributed by atoms with E-state index >= 15 is 0 Å². The SMILES string of the molecule is Cc1nc(NC(=O)Cn2nc(C)c(C)c(C#N)c2=O)c(Cl)cc1Cl. The number of anilines is 1. The maximum Gasteiger partial charge on any atom is 0.285 e. The van der Waals surface area contributed by atoms with Crippen LogP contribution in [0, 0.1) is 32.1 Å². The predicted octanol–water partition coefficient (Wildman–Crippen LogP) is 2.38. The fraction of sp³-hybridized carbons (Fsp3) is 0.267. The highest BCUT2D eigenvalue weighted by atomic mass is 35.5. The number of hydrogen-bond acceptors (Lipinski definition) is 5. The predicted molar refractivity (Wildman–Crippen MR) is 90.3 cm³/mol. The molecule has 1 amide bonds. The molecule has 0 unspecified atom stereocenters. The quantitative estimate of drug-likeness (QED) is 0.899. The van der Waals surface area contributed by atoms with Gasteiger partial charge in [0.05, 0.1) is 21.4 Å². The van der Waals surface area contributed by atoms with E-state index in [1.165, 1.54) is 6.07 Å². The Hall–Kier alpha value is -2.43. The normalized spacial score (nSPS) is 10.3. The lowest BCUT2D eigenvalue weighted by Crippen LogP contribution is -2.32. The second kappa shape index (κ2) is 6.99. The summed E-state index contributed by atoms with van der Waals surface area (Å²) in [4.78, 5) is 28.4. The molecule has 0 saturated carbocycles. The number of carbonyl (C=O) groups is 1. The van der Waals surface area contributed by atoms with E-state index in [0.29, 0.717) is 22.0 Å². The number of nitrogens with one attached hydrogen (secondary N) is 1. The summed E-state index contributed by atoms with van der Waals surface area (Å²) in [6, 6.07) is 3.30. The van der Waals surface area contributed by atoms with Crippen LogP contribution in [-0.4, -0.2) is 20.7 Å². The highest BCUT2D eigenvalue weighted by Crippen LogP contribution is 2.25. The number of halogens is 2. The van der Waals surface area contributed by atoms with Crippen LogP contribution in [0.5, 0.6) is 0 Å². The first kappa shape index (κ1) is 17.9. The molecule has 0 aliphatic carbocycles. The Bertz CT molecular complexity index is 931. The average Bonchev–Trinajstić information content (AvgIpc) is 2.51. The van der Waals surface area contributed by atoms with E-state index in [0.717, 1.165) is 4.68 Å². The molecule has 9 heteroatoms. The number of aryl methyl sites for hydroxylation is 2. The molecule has 7 nitrogen and oxygen atoms in total. The lowest BCUT2D eigenvalue weighted by molar-refractivity contribution is -0.117. The van der Waals surface area contributed by atoms with Crippen molar-refractivity contribution in [2.75, 3.05) is 5.32 Å². The molecule has 1 N–H and O–H groups in total. The number of hydrogen-bond donors (Lipinski definition) is 1. The van der Waals surface area contributed by atoms with Crippen LogP contribution < -0.4 is 10.9 Å². The topological polar surface area (TPSA) is 101 Å². The number of rotatable bonds is 3. The number of carbonyl (C=O) groups excluding carboxylic acids is 1. The second-order valence-corrected chi connectivity index (χ2v) is 5.91. The third kappa shape index (κ3) is 3.55. The summed E-state index contributed by atoms with van der Waals surface area (Å²) >= 11 is 11.9. The molecular formula is C15H13Cl2N5O2. The first-order chi connectivity index (χ1) is 11.2. The van der Waals surface area contributed by atoms with Crippen LogP contribution in [0.4, 0.5) is 5.82 Å². The van der Waals surface area contributed by atoms with Crippen LogP contribution >= 0.6 is 23.2 Å². The number of pyridine rings is 1. The van der Waals surface area contributed by atoms with Crippen molar-refractivity contribution in [3.63, 3.8) is 0 Å². The van der Waals surface area contributed by atoms with Crippen molar-refractivity contribution in [2.45, 2.75) is 27.3 Å². The molecule has 124 valence electrons. The minimum absolute atomic E-state index is 0.0335. The van der Waals surface area contributed by atoms with Gasteiger partial charge >= 0.3 is 0 Å². The van der Waals surface area contributed by atoms with Crippen LogP contribution in [0.3, 0.4) is 0 Å². The van der Waals surface area contributed by atoms with Gasteiger partial charge in [-0.15, -0.1) is 0 Å². The smallest absolute Gasteiger partial charge is 0.285 e. The molecule has 0 aliphatic rings. The van der Waals surface area contributed by atoms with Crippen molar-refractivity contribution in [3.05, 3.63) is 49.0 Å². The maximum absolute atomic E-state index is 12.2. The van der Waals surface area contributed by atoms with Gasteiger partial charge < -0.3 is 5.32 Å². The second-order valence-electron chi connectivity index (χ2n) is 5.09. The fourth-order valence-corrected chi connectivity index (χ4v) is 2.37. The van der Waals surface area contributed by atoms with Crippen molar-refractivity contribution in [2.24, 2.45) is 0 Å². The minimum atomic E-state index is -0.623. The number of aromatic nitrogens is 3. The third-order valence-corrected chi connectivity index (χ3v) is 4.08. The molecule has 0 fully saturated rings. The third-order valence-electron chi connectivity index (χ3n) is 3.40. The highest BCUT2D eigenvalue weighted by Gasteiger charge is 2.15. The van der Waals surface area contributed by atoms with Gasteiger partial charge in [0, 0.05) is 0 Å². The zero-order chi connectivity index (χ0) is 18.0. The Morgan fingerprint density at radius 2 is 1.96 bits per heavy atom. The van der Waals surface area contributed by atoms with Crippen molar-refractivity contribution in [1.29, 1.82) is 5.26 Å². The van der Waals surface area contributed by atoms with Crippen LogP contribution in [0.25, 0.3) is 0 Å². The molecule has 0 bridgehead atoms. The van der Waals surface area contributed by atoms with Gasteiger partial charge in [0.2, 0.25) is 5.91 Å². The number of nitriles is 1. The fourth-order valence-electron chi connectivity index (χ4n) is 1.96. The van der Waals surface area contributed by atoms with Crippen molar-refractivity contribution in [1.82, 2.24) is 14.8 Å². The monoisotopic (exact) mass is 365 g/mol. The molecule has 2 rings (SSSR count). The van der Waals surface area contributed by atoms with E-state index in [-0.39, 0.29) is 22.9 Å². The largest absolute Gasteiger partial charge is 0.308 e. The summed E-state index contributed by atoms with van der Waals surface area (Å²) in [5.41, 5.74) is 0.843. The van der Waals surface area contributed by atoms with Gasteiger partial charge in [-0.3, -0.25) is 9.59 Å². The molecule has 24 heavy (non-hydrogen) atoms. The Kier molecular flexibility index (Phi) is 5.22. The average molecular weight is 366 g/mol. The lowest BCUT2D eigenvalue weighted by Gasteiger charge is -2.10. The van der Waals surface area contributed by atoms with E-state index in [1.807, 2.05) is 6.07 Å². The molecular weight excluding hydrogens is 353 g/mol. The molecule has 0 aromatic carbocycles. The number of nitrogens with zero attached hydrogens (tertiary/aromatic N) is 4. The Morgan fingerprint density at radius 3 is 2.58 bits per heavy atom. The Balaban J connectivity index is 2.29. The zero-order valence-electron chi connectivity index (χ0n) is 13.1. The van der Waals surface area contributed by atoms with Gasteiger partial charge in [-0.1, -0.05) is 23.2 Å². The summed E-state index contributed by atoms with van der Waals surface area (Å²) in [7, 11) is 0. The highest BCUT2D eigenvalue weighted by molar-refractivity contribution is 6.36. The number of amides is 1. The summed E-state index contributed by atoms with van der Waals surface area (Å²) < 4.78 is 0.937. The molecule has 2 aromatic rings. The van der Waals surface area contributed by atoms with Gasteiger partial charge in [-0.05, 0) is 32.4 Å². The summed E-state index contributed by atoms with van der Waals surface area (Å²) in [6.07, 6.45) is 0. The molecule has 0 spiro atoms. The first-order valence-electron chi connectivity index (χ1n) is 6.85. The van der Waals surface area contributed by atoms with Crippen molar-refractivity contribution in [3.8, 4) is 6.07 Å². The van der Waals surface area contributed by atoms with Crippen LogP contribution in [0.2, 0.25) is 10.0 Å². The van der Waals surface area contributed by atoms with Gasteiger partial charge in [0.1, 0.15) is 18.2 Å². The van der Waals surface area contributed by atoms with Gasteiger partial charge in [0.25, 0.3) is 5.56 Å². The van der Waals surface area contributed by atoms with Crippen LogP contribution in [0.15, 0.2) is 10.9 Å². The van der Waals surface area contributed by atoms with Gasteiger partial charge in [-0.2, -0.15) is 10.4 Å². The van der Waals surface area contributed by atoms with Gasteiger partial charge in [0.15, 0.2) is 5.82 Å².